The van der Waals surface area contributed by atoms with E-state index in [1.54, 1.807) is 13.8 Å². The van der Waals surface area contributed by atoms with E-state index < -0.39 is 20.6 Å². The van der Waals surface area contributed by atoms with Gasteiger partial charge in [0, 0.05) is 0 Å². The number of hydrogen-bond donors (Lipinski definition) is 2. The summed E-state index contributed by atoms with van der Waals surface area (Å²) in [5.74, 6) is -1.90. The van der Waals surface area contributed by atoms with Crippen molar-refractivity contribution in [2.75, 3.05) is 0 Å². The molecule has 0 aliphatic carbocycles. The van der Waals surface area contributed by atoms with Gasteiger partial charge in [-0.3, -0.25) is 9.59 Å². The quantitative estimate of drug-likeness (QED) is 0.715. The van der Waals surface area contributed by atoms with Gasteiger partial charge in [0.05, 0.1) is 0 Å². The van der Waals surface area contributed by atoms with Crippen LogP contribution in [0, 0.1) is 5.92 Å². The second kappa shape index (κ2) is 5.49. The van der Waals surface area contributed by atoms with Gasteiger partial charge in [-0.05, 0) is 32.6 Å². The van der Waals surface area contributed by atoms with E-state index in [-0.39, 0.29) is 5.92 Å². The first-order chi connectivity index (χ1) is 6.99. The Morgan fingerprint density at radius 3 is 1.50 bits per heavy atom. The molecule has 0 spiro atoms. The summed E-state index contributed by atoms with van der Waals surface area (Å²) >= 11 is 6.26. The fourth-order valence-corrected chi connectivity index (χ4v) is 2.66. The molecule has 2 N–H and O–H groups in total. The van der Waals surface area contributed by atoms with Gasteiger partial charge in [-0.15, -0.1) is 0 Å². The summed E-state index contributed by atoms with van der Waals surface area (Å²) in [7, 11) is 0. The molecule has 4 nitrogen and oxygen atoms in total. The van der Waals surface area contributed by atoms with Gasteiger partial charge in [-0.25, -0.2) is 0 Å². The van der Waals surface area contributed by atoms with Crippen LogP contribution in [0.15, 0.2) is 0 Å². The predicted octanol–water partition coefficient (Wildman–Crippen LogP) is 2.88. The van der Waals surface area contributed by atoms with E-state index in [0.717, 1.165) is 0 Å². The molecule has 0 aromatic carbocycles. The number of halogens is 2. The molecule has 0 aromatic rings. The van der Waals surface area contributed by atoms with Crippen LogP contribution in [0.1, 0.15) is 33.6 Å². The van der Waals surface area contributed by atoms with Crippen molar-refractivity contribution in [3.8, 4) is 0 Å². The minimum absolute atomic E-state index is 0.0269. The molecule has 0 rings (SSSR count). The highest BCUT2D eigenvalue weighted by molar-refractivity contribution is 9.10. The number of carboxylic acid groups (broad SMARTS) is 2. The molecule has 0 aliphatic heterocycles. The zero-order chi connectivity index (χ0) is 13.1. The van der Waals surface area contributed by atoms with E-state index >= 15 is 0 Å². The van der Waals surface area contributed by atoms with Gasteiger partial charge in [0.15, 0.2) is 0 Å². The first-order valence-corrected chi connectivity index (χ1v) is 6.42. The van der Waals surface area contributed by atoms with Gasteiger partial charge in [0.2, 0.25) is 0 Å². The zero-order valence-electron chi connectivity index (χ0n) is 9.46. The van der Waals surface area contributed by atoms with Crippen molar-refractivity contribution in [2.45, 2.75) is 42.3 Å². The molecule has 0 bridgehead atoms. The maximum Gasteiger partial charge on any atom is 0.320 e. The summed E-state index contributed by atoms with van der Waals surface area (Å²) in [5, 5.41) is 17.8. The van der Waals surface area contributed by atoms with Crippen LogP contribution < -0.4 is 0 Å². The van der Waals surface area contributed by atoms with Crippen LogP contribution in [0.4, 0.5) is 0 Å². The second-order valence-corrected chi connectivity index (χ2v) is 8.02. The van der Waals surface area contributed by atoms with Crippen molar-refractivity contribution in [3.05, 3.63) is 0 Å². The van der Waals surface area contributed by atoms with E-state index in [0.29, 0.717) is 12.8 Å². The van der Waals surface area contributed by atoms with Crippen LogP contribution in [0.25, 0.3) is 0 Å². The third kappa shape index (κ3) is 4.82. The molecule has 0 amide bonds. The normalized spacial score (nSPS) is 20.6. The lowest BCUT2D eigenvalue weighted by Crippen LogP contribution is -2.34. The Kier molecular flexibility index (Phi) is 5.46. The van der Waals surface area contributed by atoms with Crippen LogP contribution in [0.5, 0.6) is 0 Å². The average molecular weight is 360 g/mol. The van der Waals surface area contributed by atoms with Gasteiger partial charge in [-0.2, -0.15) is 0 Å². The van der Waals surface area contributed by atoms with Crippen molar-refractivity contribution < 1.29 is 19.8 Å². The molecule has 0 aliphatic rings. The second-order valence-electron chi connectivity index (χ2n) is 4.52. The number of carbonyl (C=O) groups is 2. The third-order valence-corrected chi connectivity index (χ3v) is 3.68. The highest BCUT2D eigenvalue weighted by Gasteiger charge is 2.36. The lowest BCUT2D eigenvalue weighted by atomic mass is 9.89. The molecule has 0 fully saturated rings. The highest BCUT2D eigenvalue weighted by atomic mass is 79.9. The Morgan fingerprint density at radius 1 is 1.06 bits per heavy atom. The van der Waals surface area contributed by atoms with Crippen molar-refractivity contribution >= 4 is 43.8 Å². The van der Waals surface area contributed by atoms with Gasteiger partial charge in [-0.1, -0.05) is 38.8 Å². The molecule has 0 heterocycles. The maximum absolute atomic E-state index is 10.9. The van der Waals surface area contributed by atoms with Crippen molar-refractivity contribution in [1.29, 1.82) is 0 Å². The van der Waals surface area contributed by atoms with Crippen LogP contribution in [0.2, 0.25) is 0 Å². The number of carboxylic acids is 2. The maximum atomic E-state index is 10.9. The summed E-state index contributed by atoms with van der Waals surface area (Å²) in [4.78, 5) is 21.8. The zero-order valence-corrected chi connectivity index (χ0v) is 12.6. The number of aliphatic carboxylic acids is 2. The molecule has 2 atom stereocenters. The fourth-order valence-electron chi connectivity index (χ4n) is 1.56. The first-order valence-electron chi connectivity index (χ1n) is 4.83. The molecule has 16 heavy (non-hydrogen) atoms. The lowest BCUT2D eigenvalue weighted by Gasteiger charge is -2.26. The van der Waals surface area contributed by atoms with Crippen LogP contribution >= 0.6 is 31.9 Å². The largest absolute Gasteiger partial charge is 0.480 e. The Morgan fingerprint density at radius 2 is 1.31 bits per heavy atom. The SMILES string of the molecule is CC(CC(C)(Br)C(=O)O)CC(C)(Br)C(=O)O. The highest BCUT2D eigenvalue weighted by Crippen LogP contribution is 2.33. The average Bonchev–Trinajstić information content (AvgIpc) is 2.00. The Bertz CT molecular complexity index is 259. The number of rotatable bonds is 6. The first kappa shape index (κ1) is 15.9. The predicted molar refractivity (Wildman–Crippen MR) is 68.3 cm³/mol. The van der Waals surface area contributed by atoms with Crippen LogP contribution in [-0.4, -0.2) is 30.8 Å². The smallest absolute Gasteiger partial charge is 0.320 e. The summed E-state index contributed by atoms with van der Waals surface area (Å²) in [5.41, 5.74) is 0. The van der Waals surface area contributed by atoms with Gasteiger partial charge in [0.1, 0.15) is 8.65 Å². The van der Waals surface area contributed by atoms with E-state index in [9.17, 15) is 9.59 Å². The molecule has 2 unspecified atom stereocenters. The van der Waals surface area contributed by atoms with Crippen molar-refractivity contribution in [1.82, 2.24) is 0 Å². The molecule has 0 aromatic heterocycles. The molecule has 94 valence electrons. The summed E-state index contributed by atoms with van der Waals surface area (Å²) in [6.07, 6.45) is 0.744. The molecule has 0 radical (unpaired) electrons. The molecular weight excluding hydrogens is 344 g/mol. The summed E-state index contributed by atoms with van der Waals surface area (Å²) < 4.78 is -2.01. The Hall–Kier alpha value is -0.100. The molecule has 6 heteroatoms. The minimum Gasteiger partial charge on any atom is -0.480 e. The summed E-state index contributed by atoms with van der Waals surface area (Å²) in [6.45, 7) is 4.97. The van der Waals surface area contributed by atoms with Crippen molar-refractivity contribution in [2.24, 2.45) is 5.92 Å². The third-order valence-electron chi connectivity index (χ3n) is 2.36. The van der Waals surface area contributed by atoms with Gasteiger partial charge >= 0.3 is 11.9 Å². The molecular formula is C10H16Br2O4. The Balaban J connectivity index is 4.45. The van der Waals surface area contributed by atoms with Gasteiger partial charge in [0.25, 0.3) is 0 Å². The summed E-state index contributed by atoms with van der Waals surface area (Å²) in [6, 6.07) is 0. The molecule has 0 saturated carbocycles. The van der Waals surface area contributed by atoms with E-state index in [1.165, 1.54) is 0 Å². The Labute approximate surface area is 112 Å². The standard InChI is InChI=1S/C10H16Br2O4/c1-6(4-9(2,11)7(13)14)5-10(3,12)8(15)16/h6H,4-5H2,1-3H3,(H,13,14)(H,15,16). The van der Waals surface area contributed by atoms with E-state index in [1.807, 2.05) is 6.92 Å². The lowest BCUT2D eigenvalue weighted by molar-refractivity contribution is -0.139. The monoisotopic (exact) mass is 358 g/mol. The number of alkyl halides is 2. The fraction of sp³-hybridized carbons (Fsp3) is 0.800. The van der Waals surface area contributed by atoms with Crippen molar-refractivity contribution in [3.63, 3.8) is 0 Å². The van der Waals surface area contributed by atoms with Crippen LogP contribution in [0.3, 0.4) is 0 Å². The minimum atomic E-state index is -1.01. The topological polar surface area (TPSA) is 74.6 Å². The van der Waals surface area contributed by atoms with Crippen LogP contribution in [-0.2, 0) is 9.59 Å². The van der Waals surface area contributed by atoms with E-state index in [4.69, 9.17) is 10.2 Å². The molecule has 0 saturated heterocycles. The van der Waals surface area contributed by atoms with Gasteiger partial charge < -0.3 is 10.2 Å². The number of hydrogen-bond acceptors (Lipinski definition) is 2. The van der Waals surface area contributed by atoms with E-state index in [2.05, 4.69) is 31.9 Å².